The smallest absolute Gasteiger partial charge is 0.225 e. The normalized spacial score (nSPS) is 10.2. The Labute approximate surface area is 89.4 Å². The average molecular weight is 210 g/mol. The third-order valence-corrected chi connectivity index (χ3v) is 2.13. The standard InChI is InChI=1S/C10H18N4O/c11-7-4-2-1-3-5-10(15)13-9-6-8-12-14-9/h6,8H,1-5,7,11H2,(H2,12,13,14,15). The van der Waals surface area contributed by atoms with Crippen LogP contribution in [-0.4, -0.2) is 22.6 Å². The second-order valence-corrected chi connectivity index (χ2v) is 3.47. The molecule has 0 aliphatic rings. The third-order valence-electron chi connectivity index (χ3n) is 2.13. The van der Waals surface area contributed by atoms with Crippen LogP contribution in [0.1, 0.15) is 32.1 Å². The maximum Gasteiger partial charge on any atom is 0.225 e. The minimum absolute atomic E-state index is 0.0343. The van der Waals surface area contributed by atoms with Gasteiger partial charge in [-0.25, -0.2) is 0 Å². The van der Waals surface area contributed by atoms with Crippen LogP contribution in [0, 0.1) is 0 Å². The second-order valence-electron chi connectivity index (χ2n) is 3.47. The minimum atomic E-state index is 0.0343. The Morgan fingerprint density at radius 3 is 2.87 bits per heavy atom. The van der Waals surface area contributed by atoms with Gasteiger partial charge >= 0.3 is 0 Å². The van der Waals surface area contributed by atoms with E-state index in [4.69, 9.17) is 5.73 Å². The molecule has 0 bridgehead atoms. The van der Waals surface area contributed by atoms with E-state index in [1.54, 1.807) is 12.3 Å². The van der Waals surface area contributed by atoms with Crippen LogP contribution in [-0.2, 0) is 4.79 Å². The van der Waals surface area contributed by atoms with Gasteiger partial charge in [0.25, 0.3) is 0 Å². The molecule has 1 aromatic heterocycles. The highest BCUT2D eigenvalue weighted by Crippen LogP contribution is 2.05. The van der Waals surface area contributed by atoms with Crippen molar-refractivity contribution in [1.29, 1.82) is 0 Å². The van der Waals surface area contributed by atoms with Crippen molar-refractivity contribution in [3.8, 4) is 0 Å². The maximum absolute atomic E-state index is 11.4. The summed E-state index contributed by atoms with van der Waals surface area (Å²) in [6, 6.07) is 1.73. The van der Waals surface area contributed by atoms with E-state index in [1.807, 2.05) is 0 Å². The molecule has 0 saturated carbocycles. The minimum Gasteiger partial charge on any atom is -0.330 e. The SMILES string of the molecule is NCCCCCCC(=O)Nc1ccn[nH]1. The number of unbranched alkanes of at least 4 members (excludes halogenated alkanes) is 3. The van der Waals surface area contributed by atoms with Crippen molar-refractivity contribution in [3.63, 3.8) is 0 Å². The molecule has 0 spiro atoms. The highest BCUT2D eigenvalue weighted by Gasteiger charge is 2.02. The Kier molecular flexibility index (Phi) is 5.47. The highest BCUT2D eigenvalue weighted by atomic mass is 16.1. The Bertz CT molecular complexity index is 271. The fourth-order valence-electron chi connectivity index (χ4n) is 1.32. The largest absolute Gasteiger partial charge is 0.330 e. The molecule has 0 aliphatic carbocycles. The molecule has 1 rings (SSSR count). The number of carbonyl (C=O) groups excluding carboxylic acids is 1. The number of anilines is 1. The van der Waals surface area contributed by atoms with Gasteiger partial charge in [0.2, 0.25) is 5.91 Å². The van der Waals surface area contributed by atoms with Crippen molar-refractivity contribution in [2.24, 2.45) is 5.73 Å². The molecular formula is C10H18N4O. The molecule has 5 nitrogen and oxygen atoms in total. The van der Waals surface area contributed by atoms with E-state index >= 15 is 0 Å². The number of H-pyrrole nitrogens is 1. The van der Waals surface area contributed by atoms with Gasteiger partial charge < -0.3 is 11.1 Å². The van der Waals surface area contributed by atoms with Crippen LogP contribution in [0.5, 0.6) is 0 Å². The van der Waals surface area contributed by atoms with E-state index in [0.717, 1.165) is 32.2 Å². The first-order valence-electron chi connectivity index (χ1n) is 5.32. The lowest BCUT2D eigenvalue weighted by Gasteiger charge is -2.01. The van der Waals surface area contributed by atoms with Gasteiger partial charge in [-0.1, -0.05) is 12.8 Å². The van der Waals surface area contributed by atoms with Gasteiger partial charge in [0.05, 0.1) is 6.20 Å². The van der Waals surface area contributed by atoms with Gasteiger partial charge in [0, 0.05) is 12.5 Å². The van der Waals surface area contributed by atoms with Crippen molar-refractivity contribution in [2.75, 3.05) is 11.9 Å². The molecule has 0 radical (unpaired) electrons. The number of nitrogens with two attached hydrogens (primary N) is 1. The van der Waals surface area contributed by atoms with Gasteiger partial charge in [-0.05, 0) is 19.4 Å². The summed E-state index contributed by atoms with van der Waals surface area (Å²) in [7, 11) is 0. The summed E-state index contributed by atoms with van der Waals surface area (Å²) in [6.45, 7) is 0.736. The summed E-state index contributed by atoms with van der Waals surface area (Å²) < 4.78 is 0. The van der Waals surface area contributed by atoms with Crippen LogP contribution in [0.4, 0.5) is 5.82 Å². The lowest BCUT2D eigenvalue weighted by Crippen LogP contribution is -2.11. The zero-order chi connectivity index (χ0) is 10.9. The Morgan fingerprint density at radius 2 is 2.20 bits per heavy atom. The van der Waals surface area contributed by atoms with Crippen LogP contribution in [0.2, 0.25) is 0 Å². The van der Waals surface area contributed by atoms with Gasteiger partial charge in [-0.2, -0.15) is 5.10 Å². The van der Waals surface area contributed by atoms with Crippen LogP contribution in [0.3, 0.4) is 0 Å². The number of nitrogens with zero attached hydrogens (tertiary/aromatic N) is 1. The van der Waals surface area contributed by atoms with Crippen molar-refractivity contribution >= 4 is 11.7 Å². The molecule has 5 heteroatoms. The topological polar surface area (TPSA) is 83.8 Å². The number of aromatic nitrogens is 2. The summed E-state index contributed by atoms with van der Waals surface area (Å²) in [5, 5.41) is 9.15. The molecule has 1 aromatic rings. The molecule has 4 N–H and O–H groups in total. The first-order valence-corrected chi connectivity index (χ1v) is 5.32. The van der Waals surface area contributed by atoms with E-state index in [-0.39, 0.29) is 5.91 Å². The summed E-state index contributed by atoms with van der Waals surface area (Å²) in [5.41, 5.74) is 5.37. The summed E-state index contributed by atoms with van der Waals surface area (Å²) >= 11 is 0. The molecule has 1 amide bonds. The maximum atomic E-state index is 11.4. The summed E-state index contributed by atoms with van der Waals surface area (Å²) in [6.07, 6.45) is 6.30. The van der Waals surface area contributed by atoms with E-state index in [2.05, 4.69) is 15.5 Å². The number of carbonyl (C=O) groups is 1. The molecule has 0 fully saturated rings. The fourth-order valence-corrected chi connectivity index (χ4v) is 1.32. The molecule has 0 saturated heterocycles. The molecule has 0 aromatic carbocycles. The average Bonchev–Trinajstić information content (AvgIpc) is 2.70. The fraction of sp³-hybridized carbons (Fsp3) is 0.600. The van der Waals surface area contributed by atoms with Crippen molar-refractivity contribution < 1.29 is 4.79 Å². The first-order chi connectivity index (χ1) is 7.33. The summed E-state index contributed by atoms with van der Waals surface area (Å²) in [5.74, 6) is 0.689. The monoisotopic (exact) mass is 210 g/mol. The van der Waals surface area contributed by atoms with Crippen molar-refractivity contribution in [2.45, 2.75) is 32.1 Å². The van der Waals surface area contributed by atoms with Crippen LogP contribution < -0.4 is 11.1 Å². The van der Waals surface area contributed by atoms with E-state index < -0.39 is 0 Å². The Morgan fingerprint density at radius 1 is 1.40 bits per heavy atom. The number of rotatable bonds is 7. The number of hydrogen-bond donors (Lipinski definition) is 3. The molecule has 0 unspecified atom stereocenters. The van der Waals surface area contributed by atoms with Gasteiger partial charge in [-0.3, -0.25) is 9.89 Å². The zero-order valence-corrected chi connectivity index (χ0v) is 8.83. The van der Waals surface area contributed by atoms with E-state index in [9.17, 15) is 4.79 Å². The van der Waals surface area contributed by atoms with Gasteiger partial charge in [-0.15, -0.1) is 0 Å². The van der Waals surface area contributed by atoms with Gasteiger partial charge in [0.15, 0.2) is 0 Å². The van der Waals surface area contributed by atoms with Crippen LogP contribution in [0.25, 0.3) is 0 Å². The Balaban J connectivity index is 2.04. The lowest BCUT2D eigenvalue weighted by molar-refractivity contribution is -0.116. The number of hydrogen-bond acceptors (Lipinski definition) is 3. The van der Waals surface area contributed by atoms with Crippen molar-refractivity contribution in [1.82, 2.24) is 10.2 Å². The molecule has 1 heterocycles. The van der Waals surface area contributed by atoms with Crippen LogP contribution in [0.15, 0.2) is 12.3 Å². The van der Waals surface area contributed by atoms with Crippen LogP contribution >= 0.6 is 0 Å². The van der Waals surface area contributed by atoms with Gasteiger partial charge in [0.1, 0.15) is 5.82 Å². The van der Waals surface area contributed by atoms with Crippen molar-refractivity contribution in [3.05, 3.63) is 12.3 Å². The van der Waals surface area contributed by atoms with E-state index in [0.29, 0.717) is 12.2 Å². The molecule has 0 atom stereocenters. The quantitative estimate of drug-likeness (QED) is 0.592. The number of amides is 1. The first kappa shape index (κ1) is 11.7. The van der Waals surface area contributed by atoms with E-state index in [1.165, 1.54) is 0 Å². The summed E-state index contributed by atoms with van der Waals surface area (Å²) in [4.78, 5) is 11.4. The molecular weight excluding hydrogens is 192 g/mol. The molecule has 0 aliphatic heterocycles. The highest BCUT2D eigenvalue weighted by molar-refractivity contribution is 5.89. The molecule has 15 heavy (non-hydrogen) atoms. The lowest BCUT2D eigenvalue weighted by atomic mass is 10.1. The second kappa shape index (κ2) is 7.00. The third kappa shape index (κ3) is 5.17. The predicted molar refractivity (Wildman–Crippen MR) is 59.4 cm³/mol. The zero-order valence-electron chi connectivity index (χ0n) is 8.83. The molecule has 84 valence electrons. The Hall–Kier alpha value is -1.36. The number of aromatic amines is 1. The number of nitrogens with one attached hydrogen (secondary N) is 2. The predicted octanol–water partition coefficient (Wildman–Crippen LogP) is 1.26.